The topological polar surface area (TPSA) is 37.3 Å². The molecule has 4 heteroatoms. The summed E-state index contributed by atoms with van der Waals surface area (Å²) in [7, 11) is 0. The molecule has 1 atom stereocenters. The van der Waals surface area contributed by atoms with E-state index >= 15 is 0 Å². The van der Waals surface area contributed by atoms with Crippen LogP contribution in [-0.2, 0) is 17.5 Å². The maximum absolute atomic E-state index is 10.9. The van der Waals surface area contributed by atoms with Crippen LogP contribution in [0.1, 0.15) is 76.7 Å². The fourth-order valence-electron chi connectivity index (χ4n) is 2.59. The summed E-state index contributed by atoms with van der Waals surface area (Å²) in [6, 6.07) is 7.44. The number of aryl methyl sites for hydroxylation is 1. The van der Waals surface area contributed by atoms with Gasteiger partial charge >= 0.3 is 29.6 Å². The molecule has 1 N–H and O–H groups in total. The first-order valence-electron chi connectivity index (χ1n) is 8.44. The van der Waals surface area contributed by atoms with Gasteiger partial charge in [0.1, 0.15) is 0 Å². The minimum atomic E-state index is -1.85. The molecule has 2 nitrogen and oxygen atoms in total. The van der Waals surface area contributed by atoms with Crippen molar-refractivity contribution in [2.45, 2.75) is 82.4 Å². The molecule has 0 aliphatic heterocycles. The van der Waals surface area contributed by atoms with Crippen molar-refractivity contribution >= 4 is 40.6 Å². The number of benzene rings is 1. The SMILES string of the molecule is CCCCCCCCCCCCc1ccc(S(=O)O)cc1.[NaH]. The Hall–Kier alpha value is 0.330. The molecule has 1 rings (SSSR count). The van der Waals surface area contributed by atoms with Crippen LogP contribution in [0.5, 0.6) is 0 Å². The van der Waals surface area contributed by atoms with Crippen molar-refractivity contribution in [2.24, 2.45) is 0 Å². The molecule has 0 aliphatic carbocycles. The van der Waals surface area contributed by atoms with Gasteiger partial charge in [0.25, 0.3) is 0 Å². The van der Waals surface area contributed by atoms with Crippen molar-refractivity contribution in [3.63, 3.8) is 0 Å². The molecule has 0 radical (unpaired) electrons. The van der Waals surface area contributed by atoms with E-state index in [1.54, 1.807) is 12.1 Å². The summed E-state index contributed by atoms with van der Waals surface area (Å²) in [6.45, 7) is 2.26. The van der Waals surface area contributed by atoms with E-state index < -0.39 is 11.1 Å². The normalized spacial score (nSPS) is 11.9. The van der Waals surface area contributed by atoms with Gasteiger partial charge in [0.05, 0.1) is 4.90 Å². The molecule has 0 heterocycles. The van der Waals surface area contributed by atoms with Crippen molar-refractivity contribution < 1.29 is 8.76 Å². The maximum atomic E-state index is 10.9. The van der Waals surface area contributed by atoms with Crippen LogP contribution in [0.2, 0.25) is 0 Å². The molecule has 0 aromatic heterocycles. The number of rotatable bonds is 12. The predicted octanol–water partition coefficient (Wildman–Crippen LogP) is 5.08. The third kappa shape index (κ3) is 11.0. The molecule has 0 amide bonds. The fourth-order valence-corrected chi connectivity index (χ4v) is 2.96. The summed E-state index contributed by atoms with van der Waals surface area (Å²) in [6.07, 6.45) is 14.6. The van der Waals surface area contributed by atoms with Crippen molar-refractivity contribution in [2.75, 3.05) is 0 Å². The van der Waals surface area contributed by atoms with E-state index in [0.29, 0.717) is 4.90 Å². The molecule has 1 aromatic carbocycles. The molecule has 22 heavy (non-hydrogen) atoms. The van der Waals surface area contributed by atoms with Gasteiger partial charge in [-0.05, 0) is 30.5 Å². The minimum absolute atomic E-state index is 0. The molecule has 1 unspecified atom stereocenters. The molecule has 0 aliphatic rings. The van der Waals surface area contributed by atoms with Crippen LogP contribution in [0.4, 0.5) is 0 Å². The first-order chi connectivity index (χ1) is 10.2. The molecule has 0 saturated heterocycles. The molecular formula is C18H31NaO2S. The quantitative estimate of drug-likeness (QED) is 0.329. The zero-order valence-electron chi connectivity index (χ0n) is 13.4. The van der Waals surface area contributed by atoms with Gasteiger partial charge in [0, 0.05) is 0 Å². The van der Waals surface area contributed by atoms with Gasteiger partial charge in [-0.1, -0.05) is 76.8 Å². The molecule has 122 valence electrons. The Labute approximate surface area is 161 Å². The van der Waals surface area contributed by atoms with Gasteiger partial charge in [-0.15, -0.1) is 0 Å². The van der Waals surface area contributed by atoms with Crippen LogP contribution >= 0.6 is 0 Å². The van der Waals surface area contributed by atoms with Gasteiger partial charge in [-0.2, -0.15) is 0 Å². The Morgan fingerprint density at radius 1 is 0.818 bits per heavy atom. The Bertz CT molecular complexity index is 393. The van der Waals surface area contributed by atoms with E-state index in [-0.39, 0.29) is 29.6 Å². The summed E-state index contributed by atoms with van der Waals surface area (Å²) in [5, 5.41) is 0. The second kappa shape index (κ2) is 14.9. The number of hydrogen-bond donors (Lipinski definition) is 1. The Kier molecular flexibility index (Phi) is 15.1. The van der Waals surface area contributed by atoms with E-state index in [9.17, 15) is 4.21 Å². The van der Waals surface area contributed by atoms with E-state index in [4.69, 9.17) is 4.55 Å². The van der Waals surface area contributed by atoms with Gasteiger partial charge in [-0.25, -0.2) is 4.21 Å². The third-order valence-corrected chi connectivity index (χ3v) is 4.62. The van der Waals surface area contributed by atoms with Crippen molar-refractivity contribution in [3.8, 4) is 0 Å². The van der Waals surface area contributed by atoms with E-state index in [0.717, 1.165) is 6.42 Å². The van der Waals surface area contributed by atoms with Crippen molar-refractivity contribution in [3.05, 3.63) is 29.8 Å². The fraction of sp³-hybridized carbons (Fsp3) is 0.667. The molecular weight excluding hydrogens is 303 g/mol. The molecule has 0 spiro atoms. The number of unbranched alkanes of at least 4 members (excludes halogenated alkanes) is 9. The predicted molar refractivity (Wildman–Crippen MR) is 98.2 cm³/mol. The Morgan fingerprint density at radius 3 is 1.73 bits per heavy atom. The summed E-state index contributed by atoms with van der Waals surface area (Å²) >= 11 is -1.85. The van der Waals surface area contributed by atoms with Crippen LogP contribution in [0.3, 0.4) is 0 Å². The summed E-state index contributed by atoms with van der Waals surface area (Å²) in [5.74, 6) is 0. The molecule has 0 bridgehead atoms. The van der Waals surface area contributed by atoms with Crippen LogP contribution in [0.15, 0.2) is 29.2 Å². The van der Waals surface area contributed by atoms with Crippen LogP contribution < -0.4 is 0 Å². The van der Waals surface area contributed by atoms with Crippen molar-refractivity contribution in [1.82, 2.24) is 0 Å². The number of hydrogen-bond acceptors (Lipinski definition) is 1. The van der Waals surface area contributed by atoms with Crippen LogP contribution in [0, 0.1) is 0 Å². The Balaban J connectivity index is 0.00000441. The van der Waals surface area contributed by atoms with E-state index in [1.165, 1.54) is 69.8 Å². The van der Waals surface area contributed by atoms with Gasteiger partial charge in [0.2, 0.25) is 0 Å². The van der Waals surface area contributed by atoms with Gasteiger partial charge < -0.3 is 4.55 Å². The second-order valence-corrected chi connectivity index (χ2v) is 6.79. The summed E-state index contributed by atoms with van der Waals surface area (Å²) in [5.41, 5.74) is 1.27. The monoisotopic (exact) mass is 334 g/mol. The van der Waals surface area contributed by atoms with E-state index in [1.807, 2.05) is 12.1 Å². The third-order valence-electron chi connectivity index (χ3n) is 3.94. The average Bonchev–Trinajstić information content (AvgIpc) is 2.49. The standard InChI is InChI=1S/C18H30O2S.Na.H/c1-2-3-4-5-6-7-8-9-10-11-12-17-13-15-18(16-14-17)21(19)20;;/h13-16H,2-12H2,1H3,(H,19,20);;. The second-order valence-electron chi connectivity index (χ2n) is 5.83. The Morgan fingerprint density at radius 2 is 1.27 bits per heavy atom. The zero-order chi connectivity index (χ0) is 15.3. The molecule has 1 aromatic rings. The van der Waals surface area contributed by atoms with Crippen molar-refractivity contribution in [1.29, 1.82) is 0 Å². The first-order valence-corrected chi connectivity index (χ1v) is 9.54. The van der Waals surface area contributed by atoms with Gasteiger partial charge in [-0.3, -0.25) is 0 Å². The van der Waals surface area contributed by atoms with E-state index in [2.05, 4.69) is 6.92 Å². The molecule has 0 fully saturated rings. The zero-order valence-corrected chi connectivity index (χ0v) is 14.2. The summed E-state index contributed by atoms with van der Waals surface area (Å²) in [4.78, 5) is 0.488. The van der Waals surface area contributed by atoms with Gasteiger partial charge in [0.15, 0.2) is 11.1 Å². The summed E-state index contributed by atoms with van der Waals surface area (Å²) < 4.78 is 19.8. The van der Waals surface area contributed by atoms with Crippen LogP contribution in [-0.4, -0.2) is 38.3 Å². The average molecular weight is 335 g/mol. The van der Waals surface area contributed by atoms with Crippen LogP contribution in [0.25, 0.3) is 0 Å². The first kappa shape index (κ1) is 22.3. The molecule has 0 saturated carbocycles.